The third-order valence-electron chi connectivity index (χ3n) is 2.84. The first-order valence-electron chi connectivity index (χ1n) is 6.43. The van der Waals surface area contributed by atoms with Crippen LogP contribution in [0.15, 0.2) is 54.6 Å². The van der Waals surface area contributed by atoms with Crippen LogP contribution in [-0.2, 0) is 11.3 Å². The van der Waals surface area contributed by atoms with Crippen LogP contribution in [0.5, 0.6) is 0 Å². The lowest BCUT2D eigenvalue weighted by molar-refractivity contribution is 0.108. The molecule has 2 rings (SSSR count). The molecule has 6 heteroatoms. The molecule has 0 radical (unpaired) electrons. The molecule has 0 unspecified atom stereocenters. The van der Waals surface area contributed by atoms with Crippen molar-refractivity contribution in [3.63, 3.8) is 0 Å². The summed E-state index contributed by atoms with van der Waals surface area (Å²) in [5, 5.41) is 9.53. The lowest BCUT2D eigenvalue weighted by atomic mass is 10.1. The predicted octanol–water partition coefficient (Wildman–Crippen LogP) is 3.32. The van der Waals surface area contributed by atoms with Gasteiger partial charge in [0.15, 0.2) is 0 Å². The fourth-order valence-corrected chi connectivity index (χ4v) is 1.83. The van der Waals surface area contributed by atoms with Gasteiger partial charge < -0.3 is 4.74 Å². The van der Waals surface area contributed by atoms with Gasteiger partial charge in [-0.05, 0) is 29.3 Å². The minimum atomic E-state index is -0.716. The SMILES string of the molecule is N=C(NC(=O)OCc1ccccc1)c1ccc(C(=O)Cl)cc1. The minimum absolute atomic E-state index is 0.119. The number of hydrogen-bond donors (Lipinski definition) is 2. The van der Waals surface area contributed by atoms with Crippen LogP contribution in [0.1, 0.15) is 21.5 Å². The maximum atomic E-state index is 11.6. The minimum Gasteiger partial charge on any atom is -0.444 e. The Labute approximate surface area is 132 Å². The van der Waals surface area contributed by atoms with Crippen molar-refractivity contribution in [2.24, 2.45) is 0 Å². The van der Waals surface area contributed by atoms with Crippen molar-refractivity contribution in [1.82, 2.24) is 5.32 Å². The van der Waals surface area contributed by atoms with E-state index in [1.807, 2.05) is 30.3 Å². The summed E-state index contributed by atoms with van der Waals surface area (Å²) >= 11 is 5.34. The van der Waals surface area contributed by atoms with E-state index in [-0.39, 0.29) is 12.4 Å². The zero-order chi connectivity index (χ0) is 15.9. The van der Waals surface area contributed by atoms with Gasteiger partial charge in [-0.1, -0.05) is 42.5 Å². The third kappa shape index (κ3) is 4.43. The highest BCUT2D eigenvalue weighted by molar-refractivity contribution is 6.67. The summed E-state index contributed by atoms with van der Waals surface area (Å²) in [5.74, 6) is -0.119. The number of nitrogens with one attached hydrogen (secondary N) is 2. The van der Waals surface area contributed by atoms with Gasteiger partial charge in [0.05, 0.1) is 0 Å². The monoisotopic (exact) mass is 316 g/mol. The standard InChI is InChI=1S/C16H13ClN2O3/c17-14(20)12-6-8-13(9-7-12)15(18)19-16(21)22-10-11-4-2-1-3-5-11/h1-9H,10H2,(H2,18,19,21). The van der Waals surface area contributed by atoms with Gasteiger partial charge >= 0.3 is 6.09 Å². The summed E-state index contributed by atoms with van der Waals surface area (Å²) in [5.41, 5.74) is 1.62. The molecule has 0 aliphatic heterocycles. The molecule has 1 amide bonds. The van der Waals surface area contributed by atoms with E-state index < -0.39 is 11.3 Å². The number of ether oxygens (including phenoxy) is 1. The van der Waals surface area contributed by atoms with Crippen molar-refractivity contribution in [3.05, 3.63) is 71.3 Å². The molecule has 2 aromatic carbocycles. The Hall–Kier alpha value is -2.66. The number of benzene rings is 2. The second-order valence-electron chi connectivity index (χ2n) is 4.41. The molecule has 22 heavy (non-hydrogen) atoms. The van der Waals surface area contributed by atoms with E-state index >= 15 is 0 Å². The summed E-state index contributed by atoms with van der Waals surface area (Å²) in [6.07, 6.45) is -0.716. The van der Waals surface area contributed by atoms with Crippen molar-refractivity contribution < 1.29 is 14.3 Å². The molecule has 5 nitrogen and oxygen atoms in total. The lowest BCUT2D eigenvalue weighted by Gasteiger charge is -2.08. The molecule has 112 valence electrons. The fraction of sp³-hybridized carbons (Fsp3) is 0.0625. The second-order valence-corrected chi connectivity index (χ2v) is 4.76. The maximum absolute atomic E-state index is 11.6. The van der Waals surface area contributed by atoms with Crippen molar-refractivity contribution in [2.75, 3.05) is 0 Å². The molecule has 0 saturated carbocycles. The van der Waals surface area contributed by atoms with Gasteiger partial charge in [0.2, 0.25) is 0 Å². The predicted molar refractivity (Wildman–Crippen MR) is 83.2 cm³/mol. The van der Waals surface area contributed by atoms with Crippen LogP contribution in [0.4, 0.5) is 4.79 Å². The molecule has 0 atom stereocenters. The number of alkyl carbamates (subject to hydrolysis) is 1. The van der Waals surface area contributed by atoms with Gasteiger partial charge in [0.1, 0.15) is 12.4 Å². The summed E-state index contributed by atoms with van der Waals surface area (Å²) < 4.78 is 5.02. The van der Waals surface area contributed by atoms with Crippen LogP contribution < -0.4 is 5.32 Å². The Morgan fingerprint density at radius 3 is 2.18 bits per heavy atom. The van der Waals surface area contributed by atoms with Gasteiger partial charge in [0.25, 0.3) is 5.24 Å². The number of halogens is 1. The van der Waals surface area contributed by atoms with Gasteiger partial charge in [-0.2, -0.15) is 0 Å². The smallest absolute Gasteiger partial charge is 0.413 e. The molecule has 0 spiro atoms. The largest absolute Gasteiger partial charge is 0.444 e. The number of amidine groups is 1. The van der Waals surface area contributed by atoms with E-state index in [1.54, 1.807) is 0 Å². The molecule has 0 fully saturated rings. The molecule has 2 aromatic rings. The highest BCUT2D eigenvalue weighted by Gasteiger charge is 2.09. The summed E-state index contributed by atoms with van der Waals surface area (Å²) in [6.45, 7) is 0.125. The van der Waals surface area contributed by atoms with Crippen molar-refractivity contribution in [1.29, 1.82) is 5.41 Å². The zero-order valence-electron chi connectivity index (χ0n) is 11.5. The first kappa shape index (κ1) is 15.7. The van der Waals surface area contributed by atoms with E-state index in [9.17, 15) is 9.59 Å². The highest BCUT2D eigenvalue weighted by atomic mass is 35.5. The van der Waals surface area contributed by atoms with E-state index in [1.165, 1.54) is 24.3 Å². The van der Waals surface area contributed by atoms with Crippen LogP contribution in [0.25, 0.3) is 0 Å². The van der Waals surface area contributed by atoms with E-state index in [0.29, 0.717) is 11.1 Å². The Morgan fingerprint density at radius 1 is 1.00 bits per heavy atom. The maximum Gasteiger partial charge on any atom is 0.413 e. The molecular weight excluding hydrogens is 304 g/mol. The fourth-order valence-electron chi connectivity index (χ4n) is 1.70. The lowest BCUT2D eigenvalue weighted by Crippen LogP contribution is -2.31. The molecule has 0 heterocycles. The number of rotatable bonds is 4. The second kappa shape index (κ2) is 7.38. The van der Waals surface area contributed by atoms with E-state index in [2.05, 4.69) is 5.32 Å². The van der Waals surface area contributed by atoms with Crippen LogP contribution >= 0.6 is 11.6 Å². The topological polar surface area (TPSA) is 79.2 Å². The van der Waals surface area contributed by atoms with Gasteiger partial charge in [-0.3, -0.25) is 15.5 Å². The number of carbonyl (C=O) groups is 2. The van der Waals surface area contributed by atoms with E-state index in [4.69, 9.17) is 21.7 Å². The molecule has 0 aliphatic rings. The van der Waals surface area contributed by atoms with Crippen LogP contribution in [0, 0.1) is 5.41 Å². The number of carbonyl (C=O) groups excluding carboxylic acids is 2. The quantitative estimate of drug-likeness (QED) is 0.516. The van der Waals surface area contributed by atoms with Crippen LogP contribution in [0.2, 0.25) is 0 Å². The summed E-state index contributed by atoms with van der Waals surface area (Å²) in [4.78, 5) is 22.6. The first-order valence-corrected chi connectivity index (χ1v) is 6.80. The Morgan fingerprint density at radius 2 is 1.59 bits per heavy atom. The third-order valence-corrected chi connectivity index (χ3v) is 3.06. The van der Waals surface area contributed by atoms with Crippen LogP contribution in [0.3, 0.4) is 0 Å². The Kier molecular flexibility index (Phi) is 5.27. The number of hydrogen-bond acceptors (Lipinski definition) is 4. The average Bonchev–Trinajstić information content (AvgIpc) is 2.54. The molecular formula is C16H13ClN2O3. The van der Waals surface area contributed by atoms with Crippen molar-refractivity contribution >= 4 is 28.8 Å². The molecule has 0 aliphatic carbocycles. The molecule has 2 N–H and O–H groups in total. The zero-order valence-corrected chi connectivity index (χ0v) is 12.3. The summed E-state index contributed by atoms with van der Waals surface area (Å²) in [7, 11) is 0. The average molecular weight is 317 g/mol. The Bertz CT molecular complexity index is 684. The molecule has 0 aromatic heterocycles. The van der Waals surface area contributed by atoms with Gasteiger partial charge in [0, 0.05) is 11.1 Å². The molecule has 0 bridgehead atoms. The van der Waals surface area contributed by atoms with Gasteiger partial charge in [-0.25, -0.2) is 4.79 Å². The normalized spacial score (nSPS) is 9.86. The molecule has 0 saturated heterocycles. The van der Waals surface area contributed by atoms with Crippen molar-refractivity contribution in [2.45, 2.75) is 6.61 Å². The van der Waals surface area contributed by atoms with E-state index in [0.717, 1.165) is 5.56 Å². The summed E-state index contributed by atoms with van der Waals surface area (Å²) in [6, 6.07) is 15.2. The van der Waals surface area contributed by atoms with Crippen molar-refractivity contribution in [3.8, 4) is 0 Å². The van der Waals surface area contributed by atoms with Gasteiger partial charge in [-0.15, -0.1) is 0 Å². The highest BCUT2D eigenvalue weighted by Crippen LogP contribution is 2.07. The number of amides is 1. The Balaban J connectivity index is 1.88. The van der Waals surface area contributed by atoms with Crippen LogP contribution in [-0.4, -0.2) is 17.2 Å². The first-order chi connectivity index (χ1) is 10.6.